The third-order valence-electron chi connectivity index (χ3n) is 2.58. The monoisotopic (exact) mass is 403 g/mol. The molecule has 0 bridgehead atoms. The number of aromatic nitrogens is 3. The maximum Gasteiger partial charge on any atom is 0.0306 e. The summed E-state index contributed by atoms with van der Waals surface area (Å²) < 4.78 is 1.70. The molecule has 0 aliphatic rings. The molecule has 88 valence electrons. The molecule has 0 spiro atoms. The molecule has 0 radical (unpaired) electrons. The van der Waals surface area contributed by atoms with Crippen molar-refractivity contribution >= 4 is 10.8 Å². The summed E-state index contributed by atoms with van der Waals surface area (Å²) in [6.45, 7) is 0. The minimum Gasteiger partial charge on any atom is -0.265 e. The average Bonchev–Trinajstić information content (AvgIpc) is 2.75. The summed E-state index contributed by atoms with van der Waals surface area (Å²) in [6, 6.07) is 15.4. The van der Waals surface area contributed by atoms with Crippen LogP contribution in [0.2, 0.25) is 0 Å². The Balaban J connectivity index is 0.00000108. The van der Waals surface area contributed by atoms with E-state index >= 15 is 0 Å². The molecule has 0 fully saturated rings. The molecule has 0 unspecified atom stereocenters. The van der Waals surface area contributed by atoms with Crippen LogP contribution >= 0.6 is 0 Å². The molecule has 0 aliphatic carbocycles. The number of hydrogen-bond donors (Lipinski definition) is 0. The summed E-state index contributed by atoms with van der Waals surface area (Å²) in [5.41, 5.74) is 1.87. The van der Waals surface area contributed by atoms with E-state index in [1.165, 1.54) is 5.39 Å². The quantitative estimate of drug-likeness (QED) is 0.585. The number of fused-ring (bicyclic) bond motifs is 1. The predicted octanol–water partition coefficient (Wildman–Crippen LogP) is 2.43. The van der Waals surface area contributed by atoms with Gasteiger partial charge in [-0.2, -0.15) is 5.10 Å². The van der Waals surface area contributed by atoms with Gasteiger partial charge >= 0.3 is 0 Å². The largest absolute Gasteiger partial charge is 0.265 e. The van der Waals surface area contributed by atoms with Gasteiger partial charge in [-0.3, -0.25) is 4.68 Å². The Morgan fingerprint density at radius 1 is 1.18 bits per heavy atom. The molecule has 4 heteroatoms. The molecular weight excluding hydrogens is 393 g/mol. The smallest absolute Gasteiger partial charge is 0.0306 e. The van der Waals surface area contributed by atoms with Crippen molar-refractivity contribution in [1.29, 1.82) is 0 Å². The van der Waals surface area contributed by atoms with Crippen LogP contribution in [-0.2, 0) is 28.1 Å². The number of nitrogens with zero attached hydrogens (tertiary/aromatic N) is 3. The summed E-state index contributed by atoms with van der Waals surface area (Å²) in [5.74, 6) is 0. The molecule has 1 aromatic heterocycles. The van der Waals surface area contributed by atoms with Crippen LogP contribution in [0.25, 0.3) is 22.0 Å². The number of aryl methyl sites for hydroxylation is 1. The summed E-state index contributed by atoms with van der Waals surface area (Å²) in [7, 11) is 1.86. The van der Waals surface area contributed by atoms with Gasteiger partial charge in [0, 0.05) is 40.0 Å². The van der Waals surface area contributed by atoms with E-state index in [0.717, 1.165) is 16.6 Å². The van der Waals surface area contributed by atoms with Crippen LogP contribution in [0, 0.1) is 6.07 Å². The van der Waals surface area contributed by atoms with Gasteiger partial charge in [0.2, 0.25) is 0 Å². The molecular formula is C13H10N3Pt-. The summed E-state index contributed by atoms with van der Waals surface area (Å²) >= 11 is 0. The van der Waals surface area contributed by atoms with E-state index in [1.54, 1.807) is 4.68 Å². The topological polar surface area (TPSA) is 30.7 Å². The van der Waals surface area contributed by atoms with Gasteiger partial charge in [0.15, 0.2) is 0 Å². The van der Waals surface area contributed by atoms with Crippen LogP contribution in [0.5, 0.6) is 0 Å². The van der Waals surface area contributed by atoms with Gasteiger partial charge in [0.25, 0.3) is 0 Å². The zero-order valence-corrected chi connectivity index (χ0v) is 11.5. The fourth-order valence-electron chi connectivity index (χ4n) is 1.84. The molecule has 0 atom stereocenters. The first-order valence-electron chi connectivity index (χ1n) is 5.11. The van der Waals surface area contributed by atoms with Gasteiger partial charge < -0.3 is 0 Å². The van der Waals surface area contributed by atoms with E-state index < -0.39 is 0 Å². The third-order valence-corrected chi connectivity index (χ3v) is 2.58. The molecule has 0 saturated carbocycles. The first kappa shape index (κ1) is 12.0. The number of rotatable bonds is 1. The Hall–Kier alpha value is -1.47. The van der Waals surface area contributed by atoms with Gasteiger partial charge in [0.05, 0.1) is 0 Å². The first-order chi connectivity index (χ1) is 7.84. The van der Waals surface area contributed by atoms with E-state index in [9.17, 15) is 0 Å². The molecule has 3 nitrogen and oxygen atoms in total. The van der Waals surface area contributed by atoms with Crippen molar-refractivity contribution in [3.63, 3.8) is 0 Å². The average molecular weight is 403 g/mol. The zero-order valence-electron chi connectivity index (χ0n) is 9.20. The second kappa shape index (κ2) is 4.80. The molecule has 0 saturated heterocycles. The van der Waals surface area contributed by atoms with Crippen LogP contribution in [0.1, 0.15) is 0 Å². The maximum atomic E-state index is 4.12. The van der Waals surface area contributed by atoms with Crippen molar-refractivity contribution in [3.05, 3.63) is 48.7 Å². The van der Waals surface area contributed by atoms with Crippen molar-refractivity contribution in [1.82, 2.24) is 15.0 Å². The van der Waals surface area contributed by atoms with E-state index in [2.05, 4.69) is 34.6 Å². The van der Waals surface area contributed by atoms with Crippen molar-refractivity contribution < 1.29 is 21.1 Å². The molecule has 1 heterocycles. The van der Waals surface area contributed by atoms with Crippen molar-refractivity contribution in [2.45, 2.75) is 0 Å². The molecule has 3 aromatic rings. The Morgan fingerprint density at radius 3 is 2.76 bits per heavy atom. The minimum absolute atomic E-state index is 0. The summed E-state index contributed by atoms with van der Waals surface area (Å²) in [4.78, 5) is 0. The number of benzene rings is 2. The van der Waals surface area contributed by atoms with E-state index in [4.69, 9.17) is 0 Å². The minimum atomic E-state index is 0. The van der Waals surface area contributed by atoms with Gasteiger partial charge in [-0.25, -0.2) is 0 Å². The second-order valence-corrected chi connectivity index (χ2v) is 3.72. The van der Waals surface area contributed by atoms with Gasteiger partial charge in [-0.1, -0.05) is 34.9 Å². The summed E-state index contributed by atoms with van der Waals surface area (Å²) in [6.07, 6.45) is 1.90. The van der Waals surface area contributed by atoms with Crippen LogP contribution in [0.15, 0.2) is 42.6 Å². The second-order valence-electron chi connectivity index (χ2n) is 3.72. The first-order valence-corrected chi connectivity index (χ1v) is 5.11. The standard InChI is InChI=1S/C13H10N3.Pt/c1-16-9-13(14-15-16)12-8-4-6-10-5-2-3-7-11(10)12;/h2-7,9H,1H3;/q-1;. The summed E-state index contributed by atoms with van der Waals surface area (Å²) in [5, 5.41) is 10.4. The van der Waals surface area contributed by atoms with Crippen LogP contribution in [0.4, 0.5) is 0 Å². The maximum absolute atomic E-state index is 4.12. The van der Waals surface area contributed by atoms with Gasteiger partial charge in [-0.15, -0.1) is 29.1 Å². The van der Waals surface area contributed by atoms with Crippen molar-refractivity contribution in [3.8, 4) is 11.3 Å². The molecule has 17 heavy (non-hydrogen) atoms. The SMILES string of the molecule is Cn1cc(-c2[c-]ccc3ccccc23)nn1.[Pt]. The van der Waals surface area contributed by atoms with Crippen LogP contribution in [0.3, 0.4) is 0 Å². The van der Waals surface area contributed by atoms with Gasteiger partial charge in [0.1, 0.15) is 0 Å². The Labute approximate surface area is 114 Å². The van der Waals surface area contributed by atoms with E-state index in [0.29, 0.717) is 0 Å². The Bertz CT molecular complexity index is 640. The van der Waals surface area contributed by atoms with Crippen molar-refractivity contribution in [2.24, 2.45) is 7.05 Å². The fraction of sp³-hybridized carbons (Fsp3) is 0.0769. The van der Waals surface area contributed by atoms with Crippen LogP contribution in [-0.4, -0.2) is 15.0 Å². The van der Waals surface area contributed by atoms with E-state index in [1.807, 2.05) is 31.4 Å². The van der Waals surface area contributed by atoms with E-state index in [-0.39, 0.29) is 21.1 Å². The number of hydrogen-bond acceptors (Lipinski definition) is 2. The third kappa shape index (κ3) is 2.16. The molecule has 2 aromatic carbocycles. The molecule has 0 amide bonds. The Morgan fingerprint density at radius 2 is 2.00 bits per heavy atom. The fourth-order valence-corrected chi connectivity index (χ4v) is 1.84. The molecule has 0 aliphatic heterocycles. The zero-order chi connectivity index (χ0) is 11.0. The molecule has 3 rings (SSSR count). The predicted molar refractivity (Wildman–Crippen MR) is 62.8 cm³/mol. The molecule has 0 N–H and O–H groups in total. The van der Waals surface area contributed by atoms with Crippen LogP contribution < -0.4 is 0 Å². The van der Waals surface area contributed by atoms with Gasteiger partial charge in [-0.05, 0) is 0 Å². The Kier molecular flexibility index (Phi) is 3.39. The normalized spacial score (nSPS) is 10.2. The van der Waals surface area contributed by atoms with Crippen molar-refractivity contribution in [2.75, 3.05) is 0 Å².